The van der Waals surface area contributed by atoms with Crippen LogP contribution in [0.15, 0.2) is 16.5 Å². The summed E-state index contributed by atoms with van der Waals surface area (Å²) >= 11 is 5.29. The highest BCUT2D eigenvalue weighted by molar-refractivity contribution is 6.67. The van der Waals surface area contributed by atoms with Crippen molar-refractivity contribution in [2.45, 2.75) is 26.3 Å². The van der Waals surface area contributed by atoms with E-state index in [-0.39, 0.29) is 5.76 Å². The predicted molar refractivity (Wildman–Crippen MR) is 60.1 cm³/mol. The van der Waals surface area contributed by atoms with Crippen molar-refractivity contribution in [3.05, 3.63) is 23.7 Å². The Labute approximate surface area is 95.0 Å². The van der Waals surface area contributed by atoms with Gasteiger partial charge < -0.3 is 4.42 Å². The van der Waals surface area contributed by atoms with Crippen molar-refractivity contribution in [2.24, 2.45) is 0 Å². The molecule has 84 valence electrons. The van der Waals surface area contributed by atoms with Crippen LogP contribution in [0, 0.1) is 0 Å². The van der Waals surface area contributed by atoms with Crippen molar-refractivity contribution in [2.75, 3.05) is 13.6 Å². The Morgan fingerprint density at radius 3 is 2.80 bits per heavy atom. The van der Waals surface area contributed by atoms with Crippen LogP contribution in [0.3, 0.4) is 0 Å². The molecule has 0 spiro atoms. The van der Waals surface area contributed by atoms with Crippen molar-refractivity contribution >= 4 is 16.8 Å². The van der Waals surface area contributed by atoms with Crippen molar-refractivity contribution < 1.29 is 9.21 Å². The maximum absolute atomic E-state index is 10.8. The van der Waals surface area contributed by atoms with Gasteiger partial charge in [-0.2, -0.15) is 0 Å². The van der Waals surface area contributed by atoms with E-state index in [1.54, 1.807) is 12.1 Å². The molecule has 0 unspecified atom stereocenters. The smallest absolute Gasteiger partial charge is 0.287 e. The van der Waals surface area contributed by atoms with Gasteiger partial charge in [0.15, 0.2) is 5.76 Å². The molecule has 0 N–H and O–H groups in total. The van der Waals surface area contributed by atoms with Gasteiger partial charge in [-0.05, 0) is 43.7 Å². The number of hydrogen-bond acceptors (Lipinski definition) is 3. The lowest BCUT2D eigenvalue weighted by Crippen LogP contribution is -2.18. The van der Waals surface area contributed by atoms with Crippen LogP contribution in [0.5, 0.6) is 0 Å². The standard InChI is InChI=1S/C11H16ClNO2/c1-3-4-7-13(2)8-9-5-6-10(15-9)11(12)14/h5-6H,3-4,7-8H2,1-2H3. The molecule has 0 atom stereocenters. The topological polar surface area (TPSA) is 33.5 Å². The monoisotopic (exact) mass is 229 g/mol. The number of nitrogens with zero attached hydrogens (tertiary/aromatic N) is 1. The second-order valence-electron chi connectivity index (χ2n) is 3.63. The maximum atomic E-state index is 10.8. The first-order valence-electron chi connectivity index (χ1n) is 5.10. The molecule has 0 fully saturated rings. The minimum absolute atomic E-state index is 0.218. The molecule has 0 aromatic carbocycles. The highest BCUT2D eigenvalue weighted by atomic mass is 35.5. The van der Waals surface area contributed by atoms with Crippen molar-refractivity contribution in [1.82, 2.24) is 4.90 Å². The Balaban J connectivity index is 2.46. The molecule has 0 aliphatic heterocycles. The normalized spacial score (nSPS) is 10.9. The summed E-state index contributed by atoms with van der Waals surface area (Å²) in [6.07, 6.45) is 2.34. The molecule has 15 heavy (non-hydrogen) atoms. The lowest BCUT2D eigenvalue weighted by atomic mass is 10.3. The maximum Gasteiger partial charge on any atom is 0.287 e. The summed E-state index contributed by atoms with van der Waals surface area (Å²) in [5.41, 5.74) is 0. The molecule has 4 heteroatoms. The van der Waals surface area contributed by atoms with Crippen LogP contribution in [0.1, 0.15) is 36.1 Å². The van der Waals surface area contributed by atoms with Gasteiger partial charge in [0.2, 0.25) is 0 Å². The SMILES string of the molecule is CCCCN(C)Cc1ccc(C(=O)Cl)o1. The Morgan fingerprint density at radius 1 is 1.53 bits per heavy atom. The van der Waals surface area contributed by atoms with Crippen LogP contribution in [0.4, 0.5) is 0 Å². The highest BCUT2D eigenvalue weighted by Crippen LogP contribution is 2.12. The van der Waals surface area contributed by atoms with E-state index in [1.807, 2.05) is 7.05 Å². The molecule has 0 aliphatic carbocycles. The van der Waals surface area contributed by atoms with Crippen molar-refractivity contribution in [3.63, 3.8) is 0 Å². The van der Waals surface area contributed by atoms with Gasteiger partial charge in [-0.25, -0.2) is 0 Å². The van der Waals surface area contributed by atoms with E-state index in [1.165, 1.54) is 12.8 Å². The third-order valence-corrected chi connectivity index (χ3v) is 2.36. The molecule has 1 rings (SSSR count). The summed E-state index contributed by atoms with van der Waals surface area (Å²) < 4.78 is 5.27. The minimum Gasteiger partial charge on any atom is -0.455 e. The number of carbonyl (C=O) groups is 1. The molecule has 0 saturated heterocycles. The van der Waals surface area contributed by atoms with E-state index >= 15 is 0 Å². The van der Waals surface area contributed by atoms with Gasteiger partial charge in [0.05, 0.1) is 6.54 Å². The molecule has 1 heterocycles. The van der Waals surface area contributed by atoms with E-state index in [0.717, 1.165) is 12.3 Å². The molecule has 0 amide bonds. The third kappa shape index (κ3) is 4.06. The zero-order valence-electron chi connectivity index (χ0n) is 9.12. The van der Waals surface area contributed by atoms with Crippen LogP contribution in [-0.4, -0.2) is 23.7 Å². The van der Waals surface area contributed by atoms with Gasteiger partial charge in [-0.1, -0.05) is 13.3 Å². The van der Waals surface area contributed by atoms with E-state index in [2.05, 4.69) is 11.8 Å². The summed E-state index contributed by atoms with van der Waals surface area (Å²) in [5, 5.41) is -0.544. The van der Waals surface area contributed by atoms with Crippen LogP contribution in [-0.2, 0) is 6.54 Å². The van der Waals surface area contributed by atoms with Gasteiger partial charge in [0.1, 0.15) is 5.76 Å². The van der Waals surface area contributed by atoms with Crippen LogP contribution in [0.25, 0.3) is 0 Å². The van der Waals surface area contributed by atoms with Gasteiger partial charge in [0, 0.05) is 0 Å². The van der Waals surface area contributed by atoms with Crippen molar-refractivity contribution in [1.29, 1.82) is 0 Å². The Kier molecular flexibility index (Phi) is 4.85. The number of unbranched alkanes of at least 4 members (excludes halogenated alkanes) is 1. The molecule has 0 saturated carbocycles. The fourth-order valence-electron chi connectivity index (χ4n) is 1.34. The van der Waals surface area contributed by atoms with Crippen LogP contribution >= 0.6 is 11.6 Å². The number of furan rings is 1. The molecule has 0 radical (unpaired) electrons. The molecule has 1 aromatic rings. The van der Waals surface area contributed by atoms with Gasteiger partial charge in [0.25, 0.3) is 5.24 Å². The van der Waals surface area contributed by atoms with E-state index in [0.29, 0.717) is 6.54 Å². The average Bonchev–Trinajstić information content (AvgIpc) is 2.63. The predicted octanol–water partition coefficient (Wildman–Crippen LogP) is 2.89. The van der Waals surface area contributed by atoms with Crippen molar-refractivity contribution in [3.8, 4) is 0 Å². The average molecular weight is 230 g/mol. The zero-order chi connectivity index (χ0) is 11.3. The summed E-state index contributed by atoms with van der Waals surface area (Å²) in [7, 11) is 2.03. The lowest BCUT2D eigenvalue weighted by molar-refractivity contribution is 0.105. The number of rotatable bonds is 6. The molecular weight excluding hydrogens is 214 g/mol. The van der Waals surface area contributed by atoms with E-state index in [9.17, 15) is 4.79 Å². The minimum atomic E-state index is -0.544. The fourth-order valence-corrected chi connectivity index (χ4v) is 1.44. The molecule has 1 aromatic heterocycles. The quantitative estimate of drug-likeness (QED) is 0.704. The summed E-state index contributed by atoms with van der Waals surface area (Å²) in [4.78, 5) is 12.9. The van der Waals surface area contributed by atoms with Crippen LogP contribution < -0.4 is 0 Å². The zero-order valence-corrected chi connectivity index (χ0v) is 9.88. The lowest BCUT2D eigenvalue weighted by Gasteiger charge is -2.13. The Bertz CT molecular complexity index is 322. The largest absolute Gasteiger partial charge is 0.455 e. The summed E-state index contributed by atoms with van der Waals surface area (Å²) in [5.74, 6) is 0.994. The first kappa shape index (κ1) is 12.3. The van der Waals surface area contributed by atoms with Gasteiger partial charge >= 0.3 is 0 Å². The van der Waals surface area contributed by atoms with Crippen LogP contribution in [0.2, 0.25) is 0 Å². The summed E-state index contributed by atoms with van der Waals surface area (Å²) in [6.45, 7) is 3.90. The third-order valence-electron chi connectivity index (χ3n) is 2.17. The first-order valence-corrected chi connectivity index (χ1v) is 5.48. The molecule has 0 aliphatic rings. The number of halogens is 1. The fraction of sp³-hybridized carbons (Fsp3) is 0.545. The Hall–Kier alpha value is -0.800. The van der Waals surface area contributed by atoms with E-state index in [4.69, 9.17) is 16.0 Å². The second kappa shape index (κ2) is 5.93. The summed E-state index contributed by atoms with van der Waals surface area (Å²) in [6, 6.07) is 3.40. The van der Waals surface area contributed by atoms with Gasteiger partial charge in [-0.15, -0.1) is 0 Å². The molecule has 3 nitrogen and oxygen atoms in total. The molecular formula is C11H16ClNO2. The second-order valence-corrected chi connectivity index (χ2v) is 3.97. The first-order chi connectivity index (χ1) is 7.13. The van der Waals surface area contributed by atoms with E-state index < -0.39 is 5.24 Å². The van der Waals surface area contributed by atoms with Gasteiger partial charge in [-0.3, -0.25) is 9.69 Å². The number of carbonyl (C=O) groups excluding carboxylic acids is 1. The molecule has 0 bridgehead atoms. The Morgan fingerprint density at radius 2 is 2.27 bits per heavy atom. The number of hydrogen-bond donors (Lipinski definition) is 0. The highest BCUT2D eigenvalue weighted by Gasteiger charge is 2.09.